The molecular formula is C19H23N3. The maximum Gasteiger partial charge on any atom is 0.142 e. The summed E-state index contributed by atoms with van der Waals surface area (Å²) in [5.41, 5.74) is 4.39. The van der Waals surface area contributed by atoms with Crippen molar-refractivity contribution in [3.63, 3.8) is 0 Å². The van der Waals surface area contributed by atoms with Crippen LogP contribution in [0.2, 0.25) is 0 Å². The van der Waals surface area contributed by atoms with Gasteiger partial charge in [-0.25, -0.2) is 4.98 Å². The van der Waals surface area contributed by atoms with Crippen molar-refractivity contribution in [3.8, 4) is 11.3 Å². The number of fused-ring (bicyclic) bond motifs is 1. The topological polar surface area (TPSA) is 29.3 Å². The van der Waals surface area contributed by atoms with Crippen LogP contribution in [0.25, 0.3) is 16.9 Å². The van der Waals surface area contributed by atoms with Crippen LogP contribution in [0.4, 0.5) is 5.82 Å². The number of anilines is 1. The van der Waals surface area contributed by atoms with Gasteiger partial charge < -0.3 is 5.32 Å². The summed E-state index contributed by atoms with van der Waals surface area (Å²) < 4.78 is 2.16. The Balaban J connectivity index is 2.07. The molecule has 3 nitrogen and oxygen atoms in total. The van der Waals surface area contributed by atoms with Crippen molar-refractivity contribution in [2.75, 3.05) is 11.9 Å². The molecule has 0 saturated heterocycles. The molecule has 0 radical (unpaired) electrons. The van der Waals surface area contributed by atoms with E-state index in [1.54, 1.807) is 0 Å². The number of imidazole rings is 1. The second kappa shape index (κ2) is 6.22. The summed E-state index contributed by atoms with van der Waals surface area (Å²) in [6.45, 7) is 7.56. The van der Waals surface area contributed by atoms with Gasteiger partial charge in [-0.1, -0.05) is 50.2 Å². The number of aryl methyl sites for hydroxylation is 1. The van der Waals surface area contributed by atoms with Crippen LogP contribution < -0.4 is 5.32 Å². The van der Waals surface area contributed by atoms with Crippen molar-refractivity contribution in [2.24, 2.45) is 5.92 Å². The number of nitrogens with zero attached hydrogens (tertiary/aromatic N) is 2. The van der Waals surface area contributed by atoms with Gasteiger partial charge in [0.05, 0.1) is 0 Å². The number of nitrogens with one attached hydrogen (secondary N) is 1. The fourth-order valence-corrected chi connectivity index (χ4v) is 2.65. The molecule has 0 aliphatic heterocycles. The second-order valence-electron chi connectivity index (χ2n) is 6.17. The van der Waals surface area contributed by atoms with Crippen molar-refractivity contribution in [2.45, 2.75) is 27.2 Å². The summed E-state index contributed by atoms with van der Waals surface area (Å²) >= 11 is 0. The van der Waals surface area contributed by atoms with E-state index in [9.17, 15) is 0 Å². The third kappa shape index (κ3) is 2.84. The largest absolute Gasteiger partial charge is 0.369 e. The minimum absolute atomic E-state index is 0.689. The average molecular weight is 293 g/mol. The van der Waals surface area contributed by atoms with Crippen LogP contribution in [-0.4, -0.2) is 15.9 Å². The third-order valence-corrected chi connectivity index (χ3v) is 3.91. The van der Waals surface area contributed by atoms with E-state index in [-0.39, 0.29) is 0 Å². The highest BCUT2D eigenvalue weighted by Crippen LogP contribution is 2.29. The molecule has 3 aromatic rings. The van der Waals surface area contributed by atoms with Gasteiger partial charge in [0.2, 0.25) is 0 Å². The predicted molar refractivity (Wildman–Crippen MR) is 93.3 cm³/mol. The van der Waals surface area contributed by atoms with Gasteiger partial charge in [-0.05, 0) is 30.9 Å². The fraction of sp³-hybridized carbons (Fsp3) is 0.316. The molecule has 114 valence electrons. The van der Waals surface area contributed by atoms with Gasteiger partial charge in [0.25, 0.3) is 0 Å². The summed E-state index contributed by atoms with van der Waals surface area (Å²) in [6.07, 6.45) is 3.23. The fourth-order valence-electron chi connectivity index (χ4n) is 2.65. The number of aromatic nitrogens is 2. The van der Waals surface area contributed by atoms with Crippen LogP contribution in [0.15, 0.2) is 48.7 Å². The van der Waals surface area contributed by atoms with Crippen LogP contribution in [0, 0.1) is 12.8 Å². The number of rotatable bonds is 5. The lowest BCUT2D eigenvalue weighted by molar-refractivity contribution is 0.606. The monoisotopic (exact) mass is 293 g/mol. The smallest absolute Gasteiger partial charge is 0.142 e. The molecule has 3 heteroatoms. The third-order valence-electron chi connectivity index (χ3n) is 3.91. The average Bonchev–Trinajstić information content (AvgIpc) is 2.88. The molecule has 22 heavy (non-hydrogen) atoms. The van der Waals surface area contributed by atoms with E-state index in [0.717, 1.165) is 35.7 Å². The van der Waals surface area contributed by atoms with E-state index in [4.69, 9.17) is 4.98 Å². The van der Waals surface area contributed by atoms with Crippen LogP contribution >= 0.6 is 0 Å². The summed E-state index contributed by atoms with van der Waals surface area (Å²) in [4.78, 5) is 4.88. The first-order valence-electron chi connectivity index (χ1n) is 7.94. The molecule has 0 bridgehead atoms. The molecular weight excluding hydrogens is 270 g/mol. The molecule has 0 atom stereocenters. The summed E-state index contributed by atoms with van der Waals surface area (Å²) in [5.74, 6) is 1.78. The number of pyridine rings is 1. The van der Waals surface area contributed by atoms with Crippen molar-refractivity contribution in [1.29, 1.82) is 0 Å². The summed E-state index contributed by atoms with van der Waals surface area (Å²) in [6, 6.07) is 14.6. The first-order valence-corrected chi connectivity index (χ1v) is 7.94. The van der Waals surface area contributed by atoms with Crippen LogP contribution in [-0.2, 0) is 0 Å². The van der Waals surface area contributed by atoms with Gasteiger partial charge in [-0.15, -0.1) is 0 Å². The molecule has 0 aliphatic rings. The summed E-state index contributed by atoms with van der Waals surface area (Å²) in [7, 11) is 0. The van der Waals surface area contributed by atoms with E-state index >= 15 is 0 Å². The molecule has 1 aromatic carbocycles. The van der Waals surface area contributed by atoms with Crippen molar-refractivity contribution in [1.82, 2.24) is 9.38 Å². The van der Waals surface area contributed by atoms with E-state index in [0.29, 0.717) is 5.92 Å². The van der Waals surface area contributed by atoms with Crippen LogP contribution in [0.5, 0.6) is 0 Å². The molecule has 0 aliphatic carbocycles. The van der Waals surface area contributed by atoms with Gasteiger partial charge in [0.15, 0.2) is 0 Å². The number of benzene rings is 1. The standard InChI is InChI=1S/C19H23N3/c1-14(2)11-12-20-19-17(16-9-5-4-6-10-16)21-18-15(3)8-7-13-22(18)19/h4-10,13-14,20H,11-12H2,1-3H3. The summed E-state index contributed by atoms with van der Waals surface area (Å²) in [5, 5.41) is 3.59. The van der Waals surface area contributed by atoms with Crippen molar-refractivity contribution in [3.05, 3.63) is 54.2 Å². The lowest BCUT2D eigenvalue weighted by Crippen LogP contribution is -2.07. The molecule has 0 amide bonds. The highest BCUT2D eigenvalue weighted by molar-refractivity contribution is 5.77. The lowest BCUT2D eigenvalue weighted by atomic mass is 10.1. The molecule has 2 aromatic heterocycles. The van der Waals surface area contributed by atoms with Gasteiger partial charge in [0.1, 0.15) is 17.2 Å². The molecule has 0 fully saturated rings. The second-order valence-corrected chi connectivity index (χ2v) is 6.17. The highest BCUT2D eigenvalue weighted by atomic mass is 15.1. The zero-order chi connectivity index (χ0) is 15.5. The van der Waals surface area contributed by atoms with E-state index in [2.05, 4.69) is 73.1 Å². The van der Waals surface area contributed by atoms with Crippen molar-refractivity contribution >= 4 is 11.5 Å². The Labute approximate surface area is 132 Å². The van der Waals surface area contributed by atoms with E-state index < -0.39 is 0 Å². The van der Waals surface area contributed by atoms with E-state index in [1.165, 1.54) is 5.56 Å². The Morgan fingerprint density at radius 1 is 1.09 bits per heavy atom. The minimum atomic E-state index is 0.689. The highest BCUT2D eigenvalue weighted by Gasteiger charge is 2.14. The SMILES string of the molecule is Cc1cccn2c(NCCC(C)C)c(-c3ccccc3)nc12. The lowest BCUT2D eigenvalue weighted by Gasteiger charge is -2.10. The maximum atomic E-state index is 4.88. The zero-order valence-electron chi connectivity index (χ0n) is 13.5. The maximum absolute atomic E-state index is 4.88. The molecule has 0 saturated carbocycles. The Bertz CT molecular complexity index is 757. The Hall–Kier alpha value is -2.29. The molecule has 2 heterocycles. The first-order chi connectivity index (χ1) is 10.7. The molecule has 1 N–H and O–H groups in total. The van der Waals surface area contributed by atoms with Gasteiger partial charge >= 0.3 is 0 Å². The van der Waals surface area contributed by atoms with Gasteiger partial charge in [-0.3, -0.25) is 4.40 Å². The normalized spacial score (nSPS) is 11.3. The minimum Gasteiger partial charge on any atom is -0.369 e. The Kier molecular flexibility index (Phi) is 4.14. The van der Waals surface area contributed by atoms with Gasteiger partial charge in [0, 0.05) is 18.3 Å². The van der Waals surface area contributed by atoms with E-state index in [1.807, 2.05) is 6.07 Å². The van der Waals surface area contributed by atoms with Crippen LogP contribution in [0.1, 0.15) is 25.8 Å². The van der Waals surface area contributed by atoms with Crippen LogP contribution in [0.3, 0.4) is 0 Å². The Morgan fingerprint density at radius 2 is 1.86 bits per heavy atom. The first kappa shape index (κ1) is 14.6. The Morgan fingerprint density at radius 3 is 2.59 bits per heavy atom. The van der Waals surface area contributed by atoms with Crippen molar-refractivity contribution < 1.29 is 0 Å². The zero-order valence-corrected chi connectivity index (χ0v) is 13.5. The quantitative estimate of drug-likeness (QED) is 0.734. The molecule has 0 unspecified atom stereocenters. The number of hydrogen-bond donors (Lipinski definition) is 1. The molecule has 0 spiro atoms. The molecule has 3 rings (SSSR count). The van der Waals surface area contributed by atoms with Gasteiger partial charge in [-0.2, -0.15) is 0 Å². The predicted octanol–water partition coefficient (Wildman–Crippen LogP) is 4.77. The number of hydrogen-bond acceptors (Lipinski definition) is 2.